The fourth-order valence-electron chi connectivity index (χ4n) is 1.86. The Hall–Kier alpha value is -1.67. The molecule has 0 aromatic heterocycles. The van der Waals surface area contributed by atoms with E-state index in [0.717, 1.165) is 11.3 Å². The smallest absolute Gasteiger partial charge is 0.146 e. The Morgan fingerprint density at radius 3 is 2.32 bits per heavy atom. The van der Waals surface area contributed by atoms with Gasteiger partial charge in [0.2, 0.25) is 0 Å². The SMILES string of the molecule is Cc1cc(C(C)C)ccc1Oc1ccc(N)cc1Cl. The molecule has 0 unspecified atom stereocenters. The predicted molar refractivity (Wildman–Crippen MR) is 81.2 cm³/mol. The van der Waals surface area contributed by atoms with Crippen LogP contribution in [-0.2, 0) is 0 Å². The van der Waals surface area contributed by atoms with Crippen LogP contribution in [0, 0.1) is 6.92 Å². The van der Waals surface area contributed by atoms with Gasteiger partial charge in [-0.25, -0.2) is 0 Å². The second-order valence-corrected chi connectivity index (χ2v) is 5.38. The maximum Gasteiger partial charge on any atom is 0.146 e. The largest absolute Gasteiger partial charge is 0.456 e. The predicted octanol–water partition coefficient (Wildman–Crippen LogP) is 5.15. The molecule has 0 atom stereocenters. The molecule has 3 heteroatoms. The van der Waals surface area contributed by atoms with Gasteiger partial charge in [-0.3, -0.25) is 0 Å². The first kappa shape index (κ1) is 13.8. The first-order valence-corrected chi connectivity index (χ1v) is 6.68. The Bertz CT molecular complexity index is 593. The summed E-state index contributed by atoms with van der Waals surface area (Å²) in [5.41, 5.74) is 8.69. The summed E-state index contributed by atoms with van der Waals surface area (Å²) in [5, 5.41) is 0.521. The average Bonchev–Trinajstić information content (AvgIpc) is 2.34. The zero-order valence-corrected chi connectivity index (χ0v) is 12.2. The molecule has 0 saturated heterocycles. The van der Waals surface area contributed by atoms with Gasteiger partial charge in [-0.2, -0.15) is 0 Å². The Kier molecular flexibility index (Phi) is 4.01. The van der Waals surface area contributed by atoms with Crippen molar-refractivity contribution in [3.05, 3.63) is 52.5 Å². The molecule has 2 nitrogen and oxygen atoms in total. The zero-order valence-electron chi connectivity index (χ0n) is 11.4. The van der Waals surface area contributed by atoms with Crippen molar-refractivity contribution in [2.24, 2.45) is 0 Å². The third-order valence-corrected chi connectivity index (χ3v) is 3.34. The van der Waals surface area contributed by atoms with Crippen molar-refractivity contribution in [2.75, 3.05) is 5.73 Å². The molecule has 2 aromatic rings. The second kappa shape index (κ2) is 5.54. The first-order valence-electron chi connectivity index (χ1n) is 6.31. The van der Waals surface area contributed by atoms with Crippen LogP contribution in [-0.4, -0.2) is 0 Å². The number of hydrogen-bond acceptors (Lipinski definition) is 2. The molecule has 2 aromatic carbocycles. The van der Waals surface area contributed by atoms with Gasteiger partial charge in [-0.05, 0) is 48.2 Å². The monoisotopic (exact) mass is 275 g/mol. The van der Waals surface area contributed by atoms with E-state index in [0.29, 0.717) is 22.4 Å². The van der Waals surface area contributed by atoms with Crippen molar-refractivity contribution >= 4 is 17.3 Å². The number of anilines is 1. The van der Waals surface area contributed by atoms with E-state index < -0.39 is 0 Å². The summed E-state index contributed by atoms with van der Waals surface area (Å²) in [7, 11) is 0. The Morgan fingerprint density at radius 2 is 1.74 bits per heavy atom. The van der Waals surface area contributed by atoms with Gasteiger partial charge < -0.3 is 10.5 Å². The van der Waals surface area contributed by atoms with E-state index in [4.69, 9.17) is 22.1 Å². The number of benzene rings is 2. The van der Waals surface area contributed by atoms with E-state index in [-0.39, 0.29) is 0 Å². The zero-order chi connectivity index (χ0) is 14.0. The molecule has 0 heterocycles. The van der Waals surface area contributed by atoms with Crippen molar-refractivity contribution < 1.29 is 4.74 Å². The molecule has 0 radical (unpaired) electrons. The van der Waals surface area contributed by atoms with Gasteiger partial charge in [0.1, 0.15) is 11.5 Å². The highest BCUT2D eigenvalue weighted by Gasteiger charge is 2.08. The lowest BCUT2D eigenvalue weighted by atomic mass is 10.0. The van der Waals surface area contributed by atoms with E-state index in [1.54, 1.807) is 18.2 Å². The van der Waals surface area contributed by atoms with E-state index in [1.807, 2.05) is 13.0 Å². The van der Waals surface area contributed by atoms with Gasteiger partial charge >= 0.3 is 0 Å². The van der Waals surface area contributed by atoms with Gasteiger partial charge in [0.15, 0.2) is 0 Å². The molecule has 0 spiro atoms. The van der Waals surface area contributed by atoms with Crippen LogP contribution in [0.5, 0.6) is 11.5 Å². The Labute approximate surface area is 119 Å². The van der Waals surface area contributed by atoms with E-state index in [1.165, 1.54) is 5.56 Å². The lowest BCUT2D eigenvalue weighted by Crippen LogP contribution is -1.93. The molecule has 0 aliphatic heterocycles. The van der Waals surface area contributed by atoms with Crippen LogP contribution in [0.2, 0.25) is 5.02 Å². The number of rotatable bonds is 3. The van der Waals surface area contributed by atoms with Crippen molar-refractivity contribution in [3.8, 4) is 11.5 Å². The molecule has 0 fully saturated rings. The van der Waals surface area contributed by atoms with Gasteiger partial charge in [0.25, 0.3) is 0 Å². The van der Waals surface area contributed by atoms with Crippen molar-refractivity contribution in [1.29, 1.82) is 0 Å². The quantitative estimate of drug-likeness (QED) is 0.787. The van der Waals surface area contributed by atoms with Crippen molar-refractivity contribution in [2.45, 2.75) is 26.7 Å². The highest BCUT2D eigenvalue weighted by Crippen LogP contribution is 2.33. The fraction of sp³-hybridized carbons (Fsp3) is 0.250. The van der Waals surface area contributed by atoms with Crippen LogP contribution < -0.4 is 10.5 Å². The molecule has 0 aliphatic rings. The number of hydrogen-bond donors (Lipinski definition) is 1. The van der Waals surface area contributed by atoms with Gasteiger partial charge in [-0.15, -0.1) is 0 Å². The van der Waals surface area contributed by atoms with Crippen LogP contribution in [0.15, 0.2) is 36.4 Å². The van der Waals surface area contributed by atoms with Crippen LogP contribution in [0.4, 0.5) is 5.69 Å². The molecule has 2 rings (SSSR count). The van der Waals surface area contributed by atoms with E-state index in [9.17, 15) is 0 Å². The van der Waals surface area contributed by atoms with Gasteiger partial charge in [-0.1, -0.05) is 37.6 Å². The number of ether oxygens (including phenoxy) is 1. The normalized spacial score (nSPS) is 10.8. The molecule has 0 saturated carbocycles. The minimum atomic E-state index is 0.507. The highest BCUT2D eigenvalue weighted by atomic mass is 35.5. The van der Waals surface area contributed by atoms with E-state index >= 15 is 0 Å². The first-order chi connectivity index (χ1) is 8.97. The van der Waals surface area contributed by atoms with Crippen molar-refractivity contribution in [1.82, 2.24) is 0 Å². The number of nitrogen functional groups attached to an aromatic ring is 1. The lowest BCUT2D eigenvalue weighted by molar-refractivity contribution is 0.479. The minimum Gasteiger partial charge on any atom is -0.456 e. The molecule has 2 N–H and O–H groups in total. The van der Waals surface area contributed by atoms with E-state index in [2.05, 4.69) is 26.0 Å². The molecule has 0 bridgehead atoms. The third-order valence-electron chi connectivity index (χ3n) is 3.04. The summed E-state index contributed by atoms with van der Waals surface area (Å²) < 4.78 is 5.84. The van der Waals surface area contributed by atoms with Crippen LogP contribution in [0.3, 0.4) is 0 Å². The highest BCUT2D eigenvalue weighted by molar-refractivity contribution is 6.32. The molecule has 19 heavy (non-hydrogen) atoms. The summed E-state index contributed by atoms with van der Waals surface area (Å²) in [6, 6.07) is 11.5. The standard InChI is InChI=1S/C16H18ClNO/c1-10(2)12-4-6-15(11(3)8-12)19-16-7-5-13(18)9-14(16)17/h4-10H,18H2,1-3H3. The summed E-state index contributed by atoms with van der Waals surface area (Å²) in [5.74, 6) is 1.94. The molecular formula is C16H18ClNO. The third kappa shape index (κ3) is 3.21. The maximum atomic E-state index is 6.11. The Balaban J connectivity index is 2.28. The fourth-order valence-corrected chi connectivity index (χ4v) is 2.09. The topological polar surface area (TPSA) is 35.2 Å². The maximum absolute atomic E-state index is 6.11. The second-order valence-electron chi connectivity index (χ2n) is 4.97. The summed E-state index contributed by atoms with van der Waals surface area (Å²) in [4.78, 5) is 0. The van der Waals surface area contributed by atoms with Gasteiger partial charge in [0.05, 0.1) is 5.02 Å². The summed E-state index contributed by atoms with van der Waals surface area (Å²) in [6.45, 7) is 6.38. The average molecular weight is 276 g/mol. The summed E-state index contributed by atoms with van der Waals surface area (Å²) >= 11 is 6.11. The van der Waals surface area contributed by atoms with Crippen LogP contribution in [0.25, 0.3) is 0 Å². The summed E-state index contributed by atoms with van der Waals surface area (Å²) in [6.07, 6.45) is 0. The number of nitrogens with two attached hydrogens (primary N) is 1. The molecule has 0 aliphatic carbocycles. The number of halogens is 1. The van der Waals surface area contributed by atoms with Crippen molar-refractivity contribution in [3.63, 3.8) is 0 Å². The molecular weight excluding hydrogens is 258 g/mol. The molecule has 100 valence electrons. The lowest BCUT2D eigenvalue weighted by Gasteiger charge is -2.13. The van der Waals surface area contributed by atoms with Crippen LogP contribution >= 0.6 is 11.6 Å². The Morgan fingerprint density at radius 1 is 1.05 bits per heavy atom. The van der Waals surface area contributed by atoms with Gasteiger partial charge in [0, 0.05) is 5.69 Å². The van der Waals surface area contributed by atoms with Crippen LogP contribution in [0.1, 0.15) is 30.9 Å². The number of aryl methyl sites for hydroxylation is 1. The minimum absolute atomic E-state index is 0.507. The molecule has 0 amide bonds.